The first-order chi connectivity index (χ1) is 7.29. The summed E-state index contributed by atoms with van der Waals surface area (Å²) in [4.78, 5) is 17.2. The fourth-order valence-corrected chi connectivity index (χ4v) is 1.06. The zero-order valence-corrected chi connectivity index (χ0v) is 8.68. The van der Waals surface area contributed by atoms with Gasteiger partial charge < -0.3 is 4.98 Å². The number of ketones is 1. The van der Waals surface area contributed by atoms with Crippen LogP contribution in [0.2, 0.25) is 0 Å². The van der Waals surface area contributed by atoms with Crippen LogP contribution < -0.4 is 0 Å². The molecule has 0 aromatic carbocycles. The molecule has 0 saturated heterocycles. The zero-order valence-electron chi connectivity index (χ0n) is 8.68. The molecule has 0 aliphatic carbocycles. The van der Waals surface area contributed by atoms with Gasteiger partial charge in [-0.05, 0) is 31.2 Å². The highest BCUT2D eigenvalue weighted by Crippen LogP contribution is 1.94. The number of hydrogen-bond acceptors (Lipinski definition) is 2. The van der Waals surface area contributed by atoms with E-state index in [1.807, 2.05) is 36.5 Å². The van der Waals surface area contributed by atoms with E-state index in [1.165, 1.54) is 0 Å². The van der Waals surface area contributed by atoms with Crippen molar-refractivity contribution in [2.75, 3.05) is 0 Å². The third kappa shape index (κ3) is 5.41. The van der Waals surface area contributed by atoms with Gasteiger partial charge in [-0.2, -0.15) is 0 Å². The molecule has 0 spiro atoms. The lowest BCUT2D eigenvalue weighted by Gasteiger charge is -1.87. The molecule has 0 saturated carbocycles. The van der Waals surface area contributed by atoms with Crippen LogP contribution in [0.25, 0.3) is 0 Å². The van der Waals surface area contributed by atoms with E-state index in [9.17, 15) is 4.79 Å². The van der Waals surface area contributed by atoms with Crippen LogP contribution >= 0.6 is 0 Å². The van der Waals surface area contributed by atoms with Crippen molar-refractivity contribution in [1.29, 1.82) is 0 Å². The molecule has 1 N–H and O–H groups in total. The van der Waals surface area contributed by atoms with E-state index in [0.717, 1.165) is 5.69 Å². The fraction of sp³-hybridized carbons (Fsp3) is 0.167. The van der Waals surface area contributed by atoms with Crippen molar-refractivity contribution in [3.63, 3.8) is 0 Å². The number of H-pyrrole nitrogens is 1. The summed E-state index contributed by atoms with van der Waals surface area (Å²) in [5.74, 6) is 0.192. The molecule has 0 aliphatic rings. The lowest BCUT2D eigenvalue weighted by Crippen LogP contribution is -1.95. The van der Waals surface area contributed by atoms with E-state index in [1.54, 1.807) is 19.3 Å². The van der Waals surface area contributed by atoms with Crippen LogP contribution in [0.3, 0.4) is 0 Å². The lowest BCUT2D eigenvalue weighted by molar-refractivity contribution is -0.116. The molecule has 0 fully saturated rings. The van der Waals surface area contributed by atoms with Crippen molar-refractivity contribution in [3.05, 3.63) is 54.6 Å². The number of aromatic amines is 1. The molecule has 3 nitrogen and oxygen atoms in total. The maximum absolute atomic E-state index is 10.5. The lowest BCUT2D eigenvalue weighted by atomic mass is 10.2. The fourth-order valence-electron chi connectivity index (χ4n) is 1.06. The van der Waals surface area contributed by atoms with Crippen molar-refractivity contribution in [1.82, 2.24) is 9.97 Å². The third-order valence-corrected chi connectivity index (χ3v) is 1.67. The first kappa shape index (κ1) is 11.2. The predicted molar refractivity (Wildman–Crippen MR) is 59.4 cm³/mol. The van der Waals surface area contributed by atoms with E-state index >= 15 is 0 Å². The minimum atomic E-state index is 0.192. The van der Waals surface area contributed by atoms with Crippen molar-refractivity contribution < 1.29 is 4.79 Å². The maximum Gasteiger partial charge on any atom is 0.135 e. The summed E-state index contributed by atoms with van der Waals surface area (Å²) < 4.78 is 0. The van der Waals surface area contributed by atoms with Gasteiger partial charge in [0.1, 0.15) is 5.78 Å². The largest absolute Gasteiger partial charge is 0.365 e. The molecule has 2 rings (SSSR count). The number of carbonyl (C=O) groups excluding carboxylic acids is 1. The Balaban J connectivity index is 0.000000162. The molecule has 0 unspecified atom stereocenters. The summed E-state index contributed by atoms with van der Waals surface area (Å²) in [5.41, 5.74) is 0.988. The van der Waals surface area contributed by atoms with Crippen LogP contribution in [0.5, 0.6) is 0 Å². The number of pyridine rings is 1. The quantitative estimate of drug-likeness (QED) is 0.811. The molecule has 0 bridgehead atoms. The highest BCUT2D eigenvalue weighted by atomic mass is 16.1. The summed E-state index contributed by atoms with van der Waals surface area (Å²) in [6, 6.07) is 9.51. The summed E-state index contributed by atoms with van der Waals surface area (Å²) >= 11 is 0. The molecule has 0 amide bonds. The average molecular weight is 202 g/mol. The minimum Gasteiger partial charge on any atom is -0.365 e. The van der Waals surface area contributed by atoms with E-state index in [4.69, 9.17) is 0 Å². The number of hydrogen-bond donors (Lipinski definition) is 1. The zero-order chi connectivity index (χ0) is 10.9. The van der Waals surface area contributed by atoms with Gasteiger partial charge in [0.25, 0.3) is 0 Å². The highest BCUT2D eigenvalue weighted by Gasteiger charge is 1.94. The Kier molecular flexibility index (Phi) is 4.87. The van der Waals surface area contributed by atoms with E-state index in [-0.39, 0.29) is 5.78 Å². The number of nitrogens with one attached hydrogen (secondary N) is 1. The van der Waals surface area contributed by atoms with Crippen LogP contribution in [-0.4, -0.2) is 15.8 Å². The van der Waals surface area contributed by atoms with Gasteiger partial charge in [0.05, 0.1) is 0 Å². The van der Waals surface area contributed by atoms with Crippen LogP contribution in [0, 0.1) is 0 Å². The van der Waals surface area contributed by atoms with Gasteiger partial charge in [-0.25, -0.2) is 0 Å². The molecular formula is C12H14N2O. The normalized spacial score (nSPS) is 8.87. The first-order valence-corrected chi connectivity index (χ1v) is 4.75. The molecule has 15 heavy (non-hydrogen) atoms. The number of Topliss-reactive ketones (excluding diaryl/α,β-unsaturated/α-hetero) is 1. The molecule has 0 atom stereocenters. The Morgan fingerprint density at radius 1 is 1.27 bits per heavy atom. The van der Waals surface area contributed by atoms with Gasteiger partial charge in [0.15, 0.2) is 0 Å². The van der Waals surface area contributed by atoms with Crippen molar-refractivity contribution in [3.8, 4) is 0 Å². The SMILES string of the molecule is CC(=O)Cc1ccc[nH]1.c1ccncc1. The number of nitrogens with zero attached hydrogens (tertiary/aromatic N) is 1. The Morgan fingerprint density at radius 2 is 2.00 bits per heavy atom. The summed E-state index contributed by atoms with van der Waals surface area (Å²) in [6.07, 6.45) is 5.84. The number of carbonyl (C=O) groups is 1. The highest BCUT2D eigenvalue weighted by molar-refractivity contribution is 5.77. The summed E-state index contributed by atoms with van der Waals surface area (Å²) in [5, 5.41) is 0. The van der Waals surface area contributed by atoms with Crippen LogP contribution in [0.4, 0.5) is 0 Å². The summed E-state index contributed by atoms with van der Waals surface area (Å²) in [7, 11) is 0. The second-order valence-corrected chi connectivity index (χ2v) is 3.10. The second-order valence-electron chi connectivity index (χ2n) is 3.10. The predicted octanol–water partition coefficient (Wildman–Crippen LogP) is 2.23. The average Bonchev–Trinajstić information content (AvgIpc) is 2.73. The monoisotopic (exact) mass is 202 g/mol. The van der Waals surface area contributed by atoms with Gasteiger partial charge in [0, 0.05) is 30.7 Å². The van der Waals surface area contributed by atoms with E-state index in [0.29, 0.717) is 6.42 Å². The maximum atomic E-state index is 10.5. The van der Waals surface area contributed by atoms with Gasteiger partial charge >= 0.3 is 0 Å². The van der Waals surface area contributed by atoms with Crippen molar-refractivity contribution in [2.45, 2.75) is 13.3 Å². The number of aromatic nitrogens is 2. The summed E-state index contributed by atoms with van der Waals surface area (Å²) in [6.45, 7) is 1.58. The molecular weight excluding hydrogens is 188 g/mol. The smallest absolute Gasteiger partial charge is 0.135 e. The Morgan fingerprint density at radius 3 is 2.33 bits per heavy atom. The minimum absolute atomic E-state index is 0.192. The van der Waals surface area contributed by atoms with Crippen LogP contribution in [-0.2, 0) is 11.2 Å². The third-order valence-electron chi connectivity index (χ3n) is 1.67. The van der Waals surface area contributed by atoms with Gasteiger partial charge in [-0.1, -0.05) is 6.07 Å². The second kappa shape index (κ2) is 6.54. The van der Waals surface area contributed by atoms with E-state index < -0.39 is 0 Å². The molecule has 2 aromatic heterocycles. The van der Waals surface area contributed by atoms with Crippen molar-refractivity contribution in [2.24, 2.45) is 0 Å². The van der Waals surface area contributed by atoms with Crippen LogP contribution in [0.1, 0.15) is 12.6 Å². The molecule has 78 valence electrons. The number of rotatable bonds is 2. The molecule has 3 heteroatoms. The van der Waals surface area contributed by atoms with Crippen LogP contribution in [0.15, 0.2) is 48.9 Å². The first-order valence-electron chi connectivity index (χ1n) is 4.75. The molecule has 2 aromatic rings. The van der Waals surface area contributed by atoms with Crippen molar-refractivity contribution >= 4 is 5.78 Å². The van der Waals surface area contributed by atoms with E-state index in [2.05, 4.69) is 9.97 Å². The van der Waals surface area contributed by atoms with Gasteiger partial charge in [-0.15, -0.1) is 0 Å². The topological polar surface area (TPSA) is 45.8 Å². The molecule has 0 radical (unpaired) electrons. The Hall–Kier alpha value is -1.90. The standard InChI is InChI=1S/C7H9NO.C5H5N/c1-6(9)5-7-3-2-4-8-7;1-2-4-6-5-3-1/h2-4,8H,5H2,1H3;1-5H. The Labute approximate surface area is 89.2 Å². The van der Waals surface area contributed by atoms with Gasteiger partial charge in [0.2, 0.25) is 0 Å². The van der Waals surface area contributed by atoms with Gasteiger partial charge in [-0.3, -0.25) is 9.78 Å². The molecule has 2 heterocycles. The molecule has 0 aliphatic heterocycles. The Bertz CT molecular complexity index is 341.